The summed E-state index contributed by atoms with van der Waals surface area (Å²) in [6.45, 7) is 4.01. The second-order valence-corrected chi connectivity index (χ2v) is 27.7. The largest absolute Gasteiger partial charge is 0.756 e. The van der Waals surface area contributed by atoms with Gasteiger partial charge < -0.3 is 27.9 Å². The molecule has 0 bridgehead atoms. The van der Waals surface area contributed by atoms with Crippen molar-refractivity contribution in [3.05, 3.63) is 182 Å². The minimum absolute atomic E-state index is 0.0393. The van der Waals surface area contributed by atoms with E-state index >= 15 is 0 Å². The highest BCUT2D eigenvalue weighted by Gasteiger charge is 2.22. The standard InChI is InChI=1S/C86H142NO8P/c1-6-8-10-12-14-16-18-20-22-24-26-28-30-32-34-36-38-40-42-43-45-46-48-50-52-54-56-58-60-62-64-66-68-70-72-74-76-78-85(88)92-82-84(83-94-96(90,91)93-81-80-87(3,4)5)95-86(89)79-77-75-73-71-69-67-65-63-61-59-57-55-53-51-49-47-44-41-39-37-35-33-31-29-27-25-23-21-19-17-15-13-11-9-7-2/h8-11,14-17,20-23,26-29,32-35,38-41,43,45,47,49,53,55,84H,6-7,12-13,18-19,24-25,30-31,36-37,42,44,46,48,50-52,54,56-83H2,1-5H3/b10-8-,11-9-,16-14-,17-15-,22-20-,23-21-,28-26-,29-27-,34-32-,35-33-,40-38-,41-39-,45-43-,49-47-,55-53-. The first-order valence-corrected chi connectivity index (χ1v) is 40.0. The van der Waals surface area contributed by atoms with Gasteiger partial charge >= 0.3 is 11.9 Å². The SMILES string of the molecule is CC/C=C\C/C=C\C/C=C\C/C=C\C/C=C\C/C=C\C/C=C\C/C=C\CCCCCCCCCCCCC(=O)OC(COC(=O)CCCCCCCCCCCCCCCCC/C=C\C/C=C\C/C=C\C/C=C\C/C=C\C/C=C\C/C=C\CC)COP(=O)([O-])OCC[N+](C)(C)C. The fourth-order valence-corrected chi connectivity index (χ4v) is 10.9. The molecule has 0 spiro atoms. The van der Waals surface area contributed by atoms with E-state index in [2.05, 4.69) is 196 Å². The second kappa shape index (κ2) is 74.3. The van der Waals surface area contributed by atoms with E-state index < -0.39 is 26.5 Å². The monoisotopic (exact) mass is 1350 g/mol. The predicted octanol–water partition coefficient (Wildman–Crippen LogP) is 25.2. The van der Waals surface area contributed by atoms with E-state index in [1.165, 1.54) is 122 Å². The van der Waals surface area contributed by atoms with Crippen LogP contribution >= 0.6 is 7.82 Å². The van der Waals surface area contributed by atoms with Gasteiger partial charge in [-0.15, -0.1) is 0 Å². The van der Waals surface area contributed by atoms with E-state index in [0.717, 1.165) is 141 Å². The first-order valence-electron chi connectivity index (χ1n) is 38.5. The Bertz CT molecular complexity index is 2280. The van der Waals surface area contributed by atoms with Crippen LogP contribution in [0.15, 0.2) is 182 Å². The maximum absolute atomic E-state index is 12.9. The zero-order valence-electron chi connectivity index (χ0n) is 62.0. The molecule has 0 saturated carbocycles. The van der Waals surface area contributed by atoms with Crippen molar-refractivity contribution in [1.29, 1.82) is 0 Å². The molecule has 0 rings (SSSR count). The van der Waals surface area contributed by atoms with Crippen molar-refractivity contribution in [2.24, 2.45) is 0 Å². The van der Waals surface area contributed by atoms with Gasteiger partial charge in [-0.3, -0.25) is 14.2 Å². The van der Waals surface area contributed by atoms with Crippen LogP contribution in [0.5, 0.6) is 0 Å². The summed E-state index contributed by atoms with van der Waals surface area (Å²) in [6, 6.07) is 0. The number of esters is 2. The molecule has 0 aliphatic heterocycles. The summed E-state index contributed by atoms with van der Waals surface area (Å²) in [6.07, 6.45) is 114. The van der Waals surface area contributed by atoms with Crippen LogP contribution in [0.3, 0.4) is 0 Å². The molecule has 0 aromatic rings. The normalized spacial score (nSPS) is 14.1. The lowest BCUT2D eigenvalue weighted by Gasteiger charge is -2.28. The molecule has 0 aromatic heterocycles. The molecule has 0 fully saturated rings. The highest BCUT2D eigenvalue weighted by Crippen LogP contribution is 2.38. The molecule has 10 heteroatoms. The molecular weight excluding hydrogens is 1210 g/mol. The van der Waals surface area contributed by atoms with Gasteiger partial charge in [-0.2, -0.15) is 0 Å². The van der Waals surface area contributed by atoms with Crippen molar-refractivity contribution in [2.45, 2.75) is 302 Å². The van der Waals surface area contributed by atoms with E-state index in [4.69, 9.17) is 18.5 Å². The van der Waals surface area contributed by atoms with Crippen LogP contribution < -0.4 is 4.89 Å². The Balaban J connectivity index is 4.06. The molecule has 0 heterocycles. The lowest BCUT2D eigenvalue weighted by Crippen LogP contribution is -2.37. The molecule has 0 aliphatic rings. The van der Waals surface area contributed by atoms with E-state index in [0.29, 0.717) is 17.4 Å². The first kappa shape index (κ1) is 91.1. The molecular formula is C86H142NO8P. The maximum Gasteiger partial charge on any atom is 0.306 e. The van der Waals surface area contributed by atoms with Gasteiger partial charge in [0.15, 0.2) is 6.10 Å². The number of carbonyl (C=O) groups is 2. The van der Waals surface area contributed by atoms with Crippen molar-refractivity contribution in [3.63, 3.8) is 0 Å². The van der Waals surface area contributed by atoms with Crippen molar-refractivity contribution in [1.82, 2.24) is 0 Å². The third kappa shape index (κ3) is 78.1. The van der Waals surface area contributed by atoms with Gasteiger partial charge in [0.25, 0.3) is 7.82 Å². The van der Waals surface area contributed by atoms with Crippen molar-refractivity contribution >= 4 is 19.8 Å². The quantitative estimate of drug-likeness (QED) is 0.0195. The molecule has 96 heavy (non-hydrogen) atoms. The van der Waals surface area contributed by atoms with Gasteiger partial charge in [0, 0.05) is 12.8 Å². The molecule has 2 atom stereocenters. The summed E-state index contributed by atoms with van der Waals surface area (Å²) in [5.74, 6) is -0.842. The first-order chi connectivity index (χ1) is 47.0. The number of hydrogen-bond donors (Lipinski definition) is 0. The van der Waals surface area contributed by atoms with E-state index in [9.17, 15) is 19.0 Å². The van der Waals surface area contributed by atoms with Crippen molar-refractivity contribution in [2.75, 3.05) is 47.5 Å². The lowest BCUT2D eigenvalue weighted by molar-refractivity contribution is -0.870. The zero-order valence-corrected chi connectivity index (χ0v) is 62.9. The second-order valence-electron chi connectivity index (χ2n) is 26.3. The Morgan fingerprint density at radius 1 is 0.323 bits per heavy atom. The number of quaternary nitrogens is 1. The topological polar surface area (TPSA) is 111 Å². The Hall–Kier alpha value is -4.89. The molecule has 0 radical (unpaired) electrons. The van der Waals surface area contributed by atoms with E-state index in [-0.39, 0.29) is 32.0 Å². The van der Waals surface area contributed by atoms with Gasteiger partial charge in [0.1, 0.15) is 19.8 Å². The van der Waals surface area contributed by atoms with Crippen LogP contribution in [0.4, 0.5) is 0 Å². The molecule has 0 N–H and O–H groups in total. The van der Waals surface area contributed by atoms with Gasteiger partial charge in [0.2, 0.25) is 0 Å². The number of unbranched alkanes of at least 4 members (excludes halogenated alkanes) is 25. The van der Waals surface area contributed by atoms with Crippen LogP contribution in [0.25, 0.3) is 0 Å². The van der Waals surface area contributed by atoms with Crippen molar-refractivity contribution < 1.29 is 42.1 Å². The molecule has 0 saturated heterocycles. The zero-order chi connectivity index (χ0) is 69.7. The van der Waals surface area contributed by atoms with Crippen LogP contribution in [-0.2, 0) is 32.7 Å². The average Bonchev–Trinajstić information content (AvgIpc) is 2.74. The Kier molecular flexibility index (Phi) is 70.5. The number of hydrogen-bond acceptors (Lipinski definition) is 8. The van der Waals surface area contributed by atoms with Crippen LogP contribution in [-0.4, -0.2) is 70.0 Å². The van der Waals surface area contributed by atoms with Crippen LogP contribution in [0.1, 0.15) is 296 Å². The Morgan fingerprint density at radius 3 is 0.833 bits per heavy atom. The van der Waals surface area contributed by atoms with E-state index in [1.807, 2.05) is 21.1 Å². The predicted molar refractivity (Wildman–Crippen MR) is 415 cm³/mol. The molecule has 544 valence electrons. The molecule has 0 aliphatic carbocycles. The van der Waals surface area contributed by atoms with Gasteiger partial charge in [-0.25, -0.2) is 0 Å². The number of phosphoric ester groups is 1. The third-order valence-corrected chi connectivity index (χ3v) is 16.9. The van der Waals surface area contributed by atoms with Gasteiger partial charge in [-0.1, -0.05) is 331 Å². The molecule has 0 amide bonds. The van der Waals surface area contributed by atoms with E-state index in [1.54, 1.807) is 0 Å². The summed E-state index contributed by atoms with van der Waals surface area (Å²) in [5.41, 5.74) is 0. The summed E-state index contributed by atoms with van der Waals surface area (Å²) in [4.78, 5) is 38.2. The van der Waals surface area contributed by atoms with Crippen LogP contribution in [0.2, 0.25) is 0 Å². The third-order valence-electron chi connectivity index (χ3n) is 15.9. The Morgan fingerprint density at radius 2 is 0.562 bits per heavy atom. The minimum atomic E-state index is -4.66. The lowest BCUT2D eigenvalue weighted by atomic mass is 10.0. The Labute approximate surface area is 591 Å². The van der Waals surface area contributed by atoms with Crippen molar-refractivity contribution in [3.8, 4) is 0 Å². The highest BCUT2D eigenvalue weighted by molar-refractivity contribution is 7.45. The number of likely N-dealkylation sites (N-methyl/N-ethyl adjacent to an activating group) is 1. The number of ether oxygens (including phenoxy) is 2. The fourth-order valence-electron chi connectivity index (χ4n) is 10.1. The van der Waals surface area contributed by atoms with Crippen LogP contribution in [0, 0.1) is 0 Å². The summed E-state index contributed by atoms with van der Waals surface area (Å²) >= 11 is 0. The fraction of sp³-hybridized carbons (Fsp3) is 0.628. The number of phosphoric acid groups is 1. The highest BCUT2D eigenvalue weighted by atomic mass is 31.2. The number of carbonyl (C=O) groups excluding carboxylic acids is 2. The maximum atomic E-state index is 12.9. The summed E-state index contributed by atoms with van der Waals surface area (Å²) < 4.78 is 34.4. The summed E-state index contributed by atoms with van der Waals surface area (Å²) in [5, 5.41) is 0. The van der Waals surface area contributed by atoms with Gasteiger partial charge in [0.05, 0.1) is 27.7 Å². The summed E-state index contributed by atoms with van der Waals surface area (Å²) in [7, 11) is 1.15. The average molecular weight is 1350 g/mol. The molecule has 0 aromatic carbocycles. The molecule has 9 nitrogen and oxygen atoms in total. The number of rotatable bonds is 69. The minimum Gasteiger partial charge on any atom is -0.756 e. The van der Waals surface area contributed by atoms with Gasteiger partial charge in [-0.05, 0) is 135 Å². The number of allylic oxidation sites excluding steroid dienone is 30. The molecule has 2 unspecified atom stereocenters. The smallest absolute Gasteiger partial charge is 0.306 e. The number of nitrogens with zero attached hydrogens (tertiary/aromatic N) is 1.